The minimum atomic E-state index is -5.17. The topological polar surface area (TPSA) is 184 Å². The second-order valence-electron chi connectivity index (χ2n) is 6.17. The van der Waals surface area contributed by atoms with E-state index in [2.05, 4.69) is 16.0 Å². The summed E-state index contributed by atoms with van der Waals surface area (Å²) < 4.78 is 55.5. The van der Waals surface area contributed by atoms with Crippen molar-refractivity contribution in [1.82, 2.24) is 9.97 Å². The van der Waals surface area contributed by atoms with Gasteiger partial charge in [-0.1, -0.05) is 30.3 Å². The number of hydrogen-bond donors (Lipinski definition) is 0. The van der Waals surface area contributed by atoms with E-state index >= 15 is 0 Å². The van der Waals surface area contributed by atoms with Crippen molar-refractivity contribution in [3.05, 3.63) is 78.3 Å². The van der Waals surface area contributed by atoms with Crippen molar-refractivity contribution in [3.63, 3.8) is 0 Å². The number of para-hydroxylation sites is 2. The predicted molar refractivity (Wildman–Crippen MR) is 117 cm³/mol. The standard InChI is InChI=1S/C22H17N3O5.Cu.H2O4S/c1-27-13-17(22(26)28-2)16-8-4-6-10-19(16)30-21-11-20(24-14-25-21)29-18-9-5-3-7-15(18)12-23;;1-5(2,3)4/h3-11,13-14H,1-2H3;;(H2,1,2,3,4)/q;+2;/p-2/b17-13+;;. The Morgan fingerprint density at radius 3 is 2.06 bits per heavy atom. The maximum atomic E-state index is 12.1. The minimum absolute atomic E-state index is 0. The van der Waals surface area contributed by atoms with Crippen LogP contribution in [0.5, 0.6) is 23.3 Å². The van der Waals surface area contributed by atoms with Crippen LogP contribution in [0.2, 0.25) is 0 Å². The van der Waals surface area contributed by atoms with E-state index in [1.165, 1.54) is 32.9 Å². The number of rotatable bonds is 7. The monoisotopic (exact) mass is 562 g/mol. The molecule has 0 spiro atoms. The van der Waals surface area contributed by atoms with Gasteiger partial charge in [-0.2, -0.15) is 5.26 Å². The van der Waals surface area contributed by atoms with Gasteiger partial charge in [0.25, 0.3) is 0 Å². The van der Waals surface area contributed by atoms with E-state index in [0.717, 1.165) is 0 Å². The van der Waals surface area contributed by atoms with E-state index < -0.39 is 16.4 Å². The van der Waals surface area contributed by atoms with Crippen LogP contribution < -0.4 is 9.47 Å². The zero-order valence-electron chi connectivity index (χ0n) is 18.6. The average molecular weight is 563 g/mol. The molecule has 0 atom stereocenters. The molecule has 0 N–H and O–H groups in total. The Labute approximate surface area is 217 Å². The summed E-state index contributed by atoms with van der Waals surface area (Å²) >= 11 is 0. The number of methoxy groups -OCH3 is 2. The van der Waals surface area contributed by atoms with Crippen molar-refractivity contribution in [1.29, 1.82) is 5.26 Å². The quantitative estimate of drug-likeness (QED) is 0.102. The van der Waals surface area contributed by atoms with Crippen LogP contribution >= 0.6 is 0 Å². The normalized spacial score (nSPS) is 10.5. The fourth-order valence-corrected chi connectivity index (χ4v) is 2.54. The number of benzene rings is 2. The summed E-state index contributed by atoms with van der Waals surface area (Å²) in [7, 11) is -2.46. The van der Waals surface area contributed by atoms with E-state index in [0.29, 0.717) is 22.6 Å². The summed E-state index contributed by atoms with van der Waals surface area (Å²) in [6.45, 7) is 0. The second kappa shape index (κ2) is 14.4. The molecule has 0 aliphatic carbocycles. The fourth-order valence-electron chi connectivity index (χ4n) is 2.54. The molecule has 0 aliphatic rings. The van der Waals surface area contributed by atoms with Gasteiger partial charge in [-0.3, -0.25) is 8.42 Å². The van der Waals surface area contributed by atoms with Gasteiger partial charge in [-0.25, -0.2) is 14.8 Å². The van der Waals surface area contributed by atoms with E-state index in [-0.39, 0.29) is 34.4 Å². The molecule has 0 saturated carbocycles. The zero-order chi connectivity index (χ0) is 25.8. The van der Waals surface area contributed by atoms with Crippen molar-refractivity contribution in [2.24, 2.45) is 0 Å². The maximum absolute atomic E-state index is 12.1. The Bertz CT molecular complexity index is 1350. The summed E-state index contributed by atoms with van der Waals surface area (Å²) in [5.41, 5.74) is 1.02. The van der Waals surface area contributed by atoms with E-state index in [9.17, 15) is 10.1 Å². The molecule has 3 aromatic rings. The molecule has 3 rings (SSSR count). The van der Waals surface area contributed by atoms with Gasteiger partial charge in [-0.15, -0.1) is 0 Å². The Morgan fingerprint density at radius 1 is 0.972 bits per heavy atom. The number of nitrogens with zero attached hydrogens (tertiary/aromatic N) is 3. The van der Waals surface area contributed by atoms with Crippen LogP contribution in [0.15, 0.2) is 67.2 Å². The third-order valence-electron chi connectivity index (χ3n) is 3.87. The Hall–Kier alpha value is -3.99. The molecule has 0 unspecified atom stereocenters. The van der Waals surface area contributed by atoms with Crippen molar-refractivity contribution >= 4 is 21.9 Å². The van der Waals surface area contributed by atoms with Crippen LogP contribution in [-0.4, -0.2) is 47.7 Å². The molecule has 1 heterocycles. The number of aromatic nitrogens is 2. The predicted octanol–water partition coefficient (Wildman–Crippen LogP) is 2.75. The van der Waals surface area contributed by atoms with Crippen LogP contribution in [0.4, 0.5) is 0 Å². The first kappa shape index (κ1) is 30.0. The van der Waals surface area contributed by atoms with E-state index in [1.54, 1.807) is 48.5 Å². The number of ether oxygens (including phenoxy) is 4. The summed E-state index contributed by atoms with van der Waals surface area (Å²) in [6.07, 6.45) is 2.55. The van der Waals surface area contributed by atoms with Gasteiger partial charge in [-0.05, 0) is 18.2 Å². The smallest absolute Gasteiger partial charge is 0.759 e. The number of hydrogen-bond acceptors (Lipinski definition) is 12. The molecule has 1 aromatic heterocycles. The van der Waals surface area contributed by atoms with Crippen LogP contribution in [0.25, 0.3) is 5.57 Å². The first-order valence-electron chi connectivity index (χ1n) is 9.40. The first-order chi connectivity index (χ1) is 16.7. The Kier molecular flexibility index (Phi) is 12.0. The van der Waals surface area contributed by atoms with Crippen LogP contribution in [0.1, 0.15) is 11.1 Å². The summed E-state index contributed by atoms with van der Waals surface area (Å²) in [6, 6.07) is 17.2. The maximum Gasteiger partial charge on any atom is 2.00 e. The molecular weight excluding hydrogens is 546 g/mol. The second-order valence-corrected chi connectivity index (χ2v) is 6.99. The first-order valence-corrected chi connectivity index (χ1v) is 10.7. The number of esters is 1. The van der Waals surface area contributed by atoms with Gasteiger partial charge in [0.05, 0.1) is 32.1 Å². The third kappa shape index (κ3) is 9.71. The van der Waals surface area contributed by atoms with Crippen molar-refractivity contribution < 1.29 is 58.3 Å². The van der Waals surface area contributed by atoms with Crippen LogP contribution in [0, 0.1) is 11.3 Å². The molecule has 191 valence electrons. The number of carbonyl (C=O) groups is 1. The Balaban J connectivity index is 0.000000983. The third-order valence-corrected chi connectivity index (χ3v) is 3.87. The molecular formula is C22H17CuN3O9S. The van der Waals surface area contributed by atoms with Gasteiger partial charge in [0.2, 0.25) is 11.8 Å². The number of nitriles is 1. The molecule has 1 radical (unpaired) electrons. The summed E-state index contributed by atoms with van der Waals surface area (Å²) in [5, 5.41) is 9.20. The van der Waals surface area contributed by atoms with Gasteiger partial charge in [0, 0.05) is 16.0 Å². The average Bonchev–Trinajstić information content (AvgIpc) is 2.82. The molecule has 0 saturated heterocycles. The van der Waals surface area contributed by atoms with Gasteiger partial charge < -0.3 is 28.1 Å². The van der Waals surface area contributed by atoms with Crippen molar-refractivity contribution in [2.75, 3.05) is 14.2 Å². The van der Waals surface area contributed by atoms with Gasteiger partial charge in [0.15, 0.2) is 0 Å². The van der Waals surface area contributed by atoms with Crippen LogP contribution in [-0.2, 0) is 41.7 Å². The molecule has 0 amide bonds. The molecule has 14 heteroatoms. The minimum Gasteiger partial charge on any atom is -0.759 e. The molecule has 12 nitrogen and oxygen atoms in total. The Morgan fingerprint density at radius 2 is 1.50 bits per heavy atom. The largest absolute Gasteiger partial charge is 2.00 e. The van der Waals surface area contributed by atoms with Gasteiger partial charge in [0.1, 0.15) is 29.5 Å². The number of carbonyl (C=O) groups excluding carboxylic acids is 1. The molecule has 0 aliphatic heterocycles. The molecule has 0 fully saturated rings. The molecule has 36 heavy (non-hydrogen) atoms. The fraction of sp³-hybridized carbons (Fsp3) is 0.0909. The van der Waals surface area contributed by atoms with Crippen molar-refractivity contribution in [2.45, 2.75) is 0 Å². The van der Waals surface area contributed by atoms with Crippen LogP contribution in [0.3, 0.4) is 0 Å². The summed E-state index contributed by atoms with van der Waals surface area (Å²) in [4.78, 5) is 20.3. The van der Waals surface area contributed by atoms with E-state index in [1.807, 2.05) is 0 Å². The summed E-state index contributed by atoms with van der Waals surface area (Å²) in [5.74, 6) is 0.520. The zero-order valence-corrected chi connectivity index (χ0v) is 20.3. The van der Waals surface area contributed by atoms with E-state index in [4.69, 9.17) is 36.5 Å². The SMILES string of the molecule is CO/C=C(/C(=O)OC)c1ccccc1Oc1cc(Oc2ccccc2C#N)ncn1.O=S(=O)([O-])[O-].[Cu+2]. The van der Waals surface area contributed by atoms with Gasteiger partial charge >= 0.3 is 23.0 Å². The molecule has 0 bridgehead atoms. The molecule has 2 aromatic carbocycles. The van der Waals surface area contributed by atoms with Crippen molar-refractivity contribution in [3.8, 4) is 29.3 Å².